The third-order valence-electron chi connectivity index (χ3n) is 12.5. The van der Waals surface area contributed by atoms with E-state index in [4.69, 9.17) is 23.1 Å². The van der Waals surface area contributed by atoms with E-state index in [2.05, 4.69) is 92.9 Å². The van der Waals surface area contributed by atoms with Gasteiger partial charge in [-0.1, -0.05) is 79.7 Å². The zero-order chi connectivity index (χ0) is 37.9. The summed E-state index contributed by atoms with van der Waals surface area (Å²) in [5.41, 5.74) is 2.26. The summed E-state index contributed by atoms with van der Waals surface area (Å²) in [4.78, 5) is 16.1. The molecule has 9 heteroatoms. The first-order valence-electron chi connectivity index (χ1n) is 19.6. The van der Waals surface area contributed by atoms with Crippen LogP contribution in [0.5, 0.6) is 5.75 Å². The van der Waals surface area contributed by atoms with Crippen molar-refractivity contribution >= 4 is 28.3 Å². The van der Waals surface area contributed by atoms with Crippen molar-refractivity contribution in [3.05, 3.63) is 48.1 Å². The van der Waals surface area contributed by atoms with Gasteiger partial charge >= 0.3 is 5.97 Å². The smallest absolute Gasteiger partial charge is 0.347 e. The van der Waals surface area contributed by atoms with Crippen molar-refractivity contribution in [2.45, 2.75) is 161 Å². The molecule has 0 spiro atoms. The van der Waals surface area contributed by atoms with Crippen LogP contribution in [0.2, 0.25) is 36.3 Å². The number of allylic oxidation sites excluding steroid dienone is 2. The third-order valence-corrected chi connectivity index (χ3v) is 21.6. The van der Waals surface area contributed by atoms with Crippen molar-refractivity contribution < 1.29 is 27.9 Å². The van der Waals surface area contributed by atoms with Gasteiger partial charge in [-0.3, -0.25) is 0 Å². The number of anilines is 1. The van der Waals surface area contributed by atoms with Gasteiger partial charge in [0, 0.05) is 50.9 Å². The number of carbonyl (C=O) groups is 1. The highest BCUT2D eigenvalue weighted by atomic mass is 28.4. The Balaban J connectivity index is 1.55. The SMILES string of the molecule is CCC(Oc1cccc(N(C)C)c1)C(=O)O[C@H]1C[C@H](O[Si](C)(C)C(C)(C)C)C=C2C=C[C@H](C)[C@H](CC[C@@H]3C[C@H](O[Si](C)(C)C(C)(C)C)CCO3)[C@H]21. The number of hydrogen-bond acceptors (Lipinski definition) is 7. The molecule has 2 aliphatic carbocycles. The number of esters is 1. The molecule has 0 N–H and O–H groups in total. The van der Waals surface area contributed by atoms with Crippen molar-refractivity contribution in [2.75, 3.05) is 25.6 Å². The highest BCUT2D eigenvalue weighted by Gasteiger charge is 2.46. The van der Waals surface area contributed by atoms with Crippen molar-refractivity contribution in [3.8, 4) is 5.75 Å². The van der Waals surface area contributed by atoms with Crippen LogP contribution in [-0.4, -0.2) is 73.8 Å². The molecule has 0 radical (unpaired) electrons. The molecule has 4 rings (SSSR count). The summed E-state index contributed by atoms with van der Waals surface area (Å²) in [6.45, 7) is 28.1. The van der Waals surface area contributed by atoms with Gasteiger partial charge < -0.3 is 28.0 Å². The van der Waals surface area contributed by atoms with E-state index < -0.39 is 22.7 Å². The average molecular weight is 742 g/mol. The average Bonchev–Trinajstić information content (AvgIpc) is 3.02. The van der Waals surface area contributed by atoms with Gasteiger partial charge in [0.2, 0.25) is 0 Å². The maximum atomic E-state index is 14.0. The Labute approximate surface area is 313 Å². The summed E-state index contributed by atoms with van der Waals surface area (Å²) in [6.07, 6.45) is 11.3. The molecular weight excluding hydrogens is 671 g/mol. The zero-order valence-corrected chi connectivity index (χ0v) is 36.5. The first kappa shape index (κ1) is 41.8. The molecule has 1 heterocycles. The highest BCUT2D eigenvalue weighted by molar-refractivity contribution is 6.74. The molecule has 288 valence electrons. The van der Waals surface area contributed by atoms with Crippen LogP contribution in [0.1, 0.15) is 93.9 Å². The Morgan fingerprint density at radius 3 is 2.27 bits per heavy atom. The Morgan fingerprint density at radius 1 is 0.980 bits per heavy atom. The van der Waals surface area contributed by atoms with Crippen LogP contribution in [0, 0.1) is 17.8 Å². The molecule has 1 saturated heterocycles. The fraction of sp³-hybridized carbons (Fsp3) is 0.738. The van der Waals surface area contributed by atoms with Crippen molar-refractivity contribution in [2.24, 2.45) is 17.8 Å². The number of nitrogens with zero attached hydrogens (tertiary/aromatic N) is 1. The molecular formula is C42H71NO6Si2. The van der Waals surface area contributed by atoms with Gasteiger partial charge in [0.05, 0.1) is 12.2 Å². The molecule has 1 unspecified atom stereocenters. The van der Waals surface area contributed by atoms with Crippen LogP contribution in [-0.2, 0) is 23.1 Å². The Bertz CT molecular complexity index is 1380. The number of ether oxygens (including phenoxy) is 3. The lowest BCUT2D eigenvalue weighted by molar-refractivity contribution is -0.163. The zero-order valence-electron chi connectivity index (χ0n) is 34.5. The topological polar surface area (TPSA) is 66.5 Å². The lowest BCUT2D eigenvalue weighted by Crippen LogP contribution is -2.49. The summed E-state index contributed by atoms with van der Waals surface area (Å²) in [5.74, 6) is 1.12. The fourth-order valence-corrected chi connectivity index (χ4v) is 9.93. The summed E-state index contributed by atoms with van der Waals surface area (Å²) < 4.78 is 33.1. The van der Waals surface area contributed by atoms with E-state index >= 15 is 0 Å². The van der Waals surface area contributed by atoms with Gasteiger partial charge in [-0.2, -0.15) is 0 Å². The fourth-order valence-electron chi connectivity index (χ4n) is 7.26. The van der Waals surface area contributed by atoms with E-state index in [-0.39, 0.29) is 46.4 Å². The Kier molecular flexibility index (Phi) is 13.6. The molecule has 51 heavy (non-hydrogen) atoms. The third kappa shape index (κ3) is 10.6. The summed E-state index contributed by atoms with van der Waals surface area (Å²) >= 11 is 0. The van der Waals surface area contributed by atoms with Crippen molar-refractivity contribution in [1.29, 1.82) is 0 Å². The van der Waals surface area contributed by atoms with Crippen LogP contribution >= 0.6 is 0 Å². The summed E-state index contributed by atoms with van der Waals surface area (Å²) in [6, 6.07) is 7.87. The van der Waals surface area contributed by atoms with E-state index in [1.54, 1.807) is 0 Å². The maximum Gasteiger partial charge on any atom is 0.347 e. The second-order valence-corrected chi connectivity index (χ2v) is 28.2. The molecule has 1 fully saturated rings. The van der Waals surface area contributed by atoms with Crippen LogP contribution in [0.25, 0.3) is 0 Å². The number of fused-ring (bicyclic) bond motifs is 1. The Hall–Kier alpha value is -1.92. The van der Waals surface area contributed by atoms with Gasteiger partial charge in [-0.05, 0) is 97.9 Å². The molecule has 0 bridgehead atoms. The van der Waals surface area contributed by atoms with Crippen LogP contribution in [0.4, 0.5) is 5.69 Å². The number of hydrogen-bond donors (Lipinski definition) is 0. The molecule has 1 aromatic carbocycles. The van der Waals surface area contributed by atoms with Crippen molar-refractivity contribution in [1.82, 2.24) is 0 Å². The standard InChI is InChI=1S/C42H71NO6Si2/c1-15-37(46-33-18-16-17-31(26-33)43(9)10)40(44)47-38-28-35(49-51(13,14)42(6,7)8)25-30-20-19-29(2)36(39(30)38)22-21-32-27-34(23-24-45-32)48-50(11,12)41(3,4)5/h16-20,25-26,29,32,34-39H,15,21-24,27-28H2,1-14H3/t29-,32+,34+,35+,36-,37?,38-,39-/m0/s1. The number of rotatable bonds is 13. The predicted octanol–water partition coefficient (Wildman–Crippen LogP) is 10.3. The second-order valence-electron chi connectivity index (χ2n) is 18.7. The monoisotopic (exact) mass is 741 g/mol. The summed E-state index contributed by atoms with van der Waals surface area (Å²) in [7, 11) is 0.0582. The lowest BCUT2D eigenvalue weighted by Gasteiger charge is -2.46. The molecule has 0 amide bonds. The van der Waals surface area contributed by atoms with Gasteiger partial charge in [0.25, 0.3) is 0 Å². The van der Waals surface area contributed by atoms with E-state index in [9.17, 15) is 4.79 Å². The minimum absolute atomic E-state index is 0.0718. The molecule has 1 aliphatic heterocycles. The van der Waals surface area contributed by atoms with Crippen LogP contribution < -0.4 is 9.64 Å². The van der Waals surface area contributed by atoms with E-state index in [1.807, 2.05) is 50.2 Å². The van der Waals surface area contributed by atoms with Gasteiger partial charge in [0.15, 0.2) is 22.7 Å². The van der Waals surface area contributed by atoms with Gasteiger partial charge in [0.1, 0.15) is 11.9 Å². The minimum atomic E-state index is -2.08. The molecule has 8 atom stereocenters. The van der Waals surface area contributed by atoms with Crippen molar-refractivity contribution in [3.63, 3.8) is 0 Å². The molecule has 1 aromatic rings. The minimum Gasteiger partial charge on any atom is -0.479 e. The highest BCUT2D eigenvalue weighted by Crippen LogP contribution is 2.47. The van der Waals surface area contributed by atoms with Gasteiger partial charge in [-0.25, -0.2) is 4.79 Å². The molecule has 0 saturated carbocycles. The quantitative estimate of drug-likeness (QED) is 0.147. The molecule has 0 aromatic heterocycles. The molecule has 3 aliphatic rings. The summed E-state index contributed by atoms with van der Waals surface area (Å²) in [5, 5.41) is 0.257. The van der Waals surface area contributed by atoms with E-state index in [0.29, 0.717) is 30.4 Å². The second kappa shape index (κ2) is 16.6. The largest absolute Gasteiger partial charge is 0.479 e. The molecule has 7 nitrogen and oxygen atoms in total. The number of benzene rings is 1. The number of carbonyl (C=O) groups excluding carboxylic acids is 1. The normalized spacial score (nSPS) is 28.0. The maximum absolute atomic E-state index is 14.0. The van der Waals surface area contributed by atoms with Gasteiger partial charge in [-0.15, -0.1) is 0 Å². The predicted molar refractivity (Wildman–Crippen MR) is 216 cm³/mol. The van der Waals surface area contributed by atoms with E-state index in [0.717, 1.165) is 38.0 Å². The van der Waals surface area contributed by atoms with Crippen LogP contribution in [0.15, 0.2) is 48.1 Å². The Morgan fingerprint density at radius 2 is 1.65 bits per heavy atom. The first-order valence-corrected chi connectivity index (χ1v) is 25.4. The first-order chi connectivity index (χ1) is 23.6. The lowest BCUT2D eigenvalue weighted by atomic mass is 9.66. The van der Waals surface area contributed by atoms with Crippen LogP contribution in [0.3, 0.4) is 0 Å². The van der Waals surface area contributed by atoms with E-state index in [1.165, 1.54) is 5.57 Å².